The molecule has 0 aliphatic carbocycles. The number of hydrogen-bond acceptors (Lipinski definition) is 7. The molecule has 1 heterocycles. The number of aromatic nitrogens is 3. The van der Waals surface area contributed by atoms with E-state index in [1.807, 2.05) is 19.1 Å². The first-order chi connectivity index (χ1) is 13.4. The molecule has 0 unspecified atom stereocenters. The van der Waals surface area contributed by atoms with Gasteiger partial charge in [0.25, 0.3) is 5.95 Å². The molecular weight excluding hydrogens is 379 g/mol. The van der Waals surface area contributed by atoms with E-state index in [0.717, 1.165) is 11.1 Å². The van der Waals surface area contributed by atoms with Crippen molar-refractivity contribution in [3.63, 3.8) is 0 Å². The highest BCUT2D eigenvalue weighted by molar-refractivity contribution is 7.99. The van der Waals surface area contributed by atoms with Crippen molar-refractivity contribution in [3.05, 3.63) is 71.0 Å². The minimum absolute atomic E-state index is 0.0207. The van der Waals surface area contributed by atoms with Crippen LogP contribution in [0.1, 0.15) is 28.4 Å². The van der Waals surface area contributed by atoms with E-state index in [1.54, 1.807) is 31.2 Å². The van der Waals surface area contributed by atoms with E-state index in [4.69, 9.17) is 5.84 Å². The van der Waals surface area contributed by atoms with Crippen molar-refractivity contribution < 1.29 is 9.18 Å². The molecule has 0 atom stereocenters. The fraction of sp³-hybridized carbons (Fsp3) is 0.158. The molecule has 3 rings (SSSR count). The number of benzene rings is 2. The Labute approximate surface area is 165 Å². The van der Waals surface area contributed by atoms with Crippen LogP contribution in [0.5, 0.6) is 0 Å². The Morgan fingerprint density at radius 2 is 1.79 bits per heavy atom. The lowest BCUT2D eigenvalue weighted by atomic mass is 10.1. The lowest BCUT2D eigenvalue weighted by Crippen LogP contribution is -2.14. The molecule has 0 fully saturated rings. The van der Waals surface area contributed by atoms with Crippen molar-refractivity contribution in [2.75, 3.05) is 17.0 Å². The van der Waals surface area contributed by atoms with Crippen LogP contribution in [0.15, 0.2) is 58.8 Å². The lowest BCUT2D eigenvalue weighted by Gasteiger charge is -2.05. The number of nitrogen functional groups attached to an aromatic ring is 1. The second-order valence-corrected chi connectivity index (χ2v) is 7.01. The van der Waals surface area contributed by atoms with Crippen molar-refractivity contribution in [2.24, 2.45) is 5.10 Å². The number of nitrogens with one attached hydrogen (secondary N) is 1. The summed E-state index contributed by atoms with van der Waals surface area (Å²) in [5.74, 6) is 6.06. The minimum Gasteiger partial charge on any atom is -0.334 e. The summed E-state index contributed by atoms with van der Waals surface area (Å²) in [5.41, 5.74) is 5.86. The number of ketones is 1. The van der Waals surface area contributed by atoms with Crippen LogP contribution in [0.3, 0.4) is 0 Å². The van der Waals surface area contributed by atoms with E-state index in [0.29, 0.717) is 16.4 Å². The maximum Gasteiger partial charge on any atom is 0.264 e. The van der Waals surface area contributed by atoms with E-state index in [-0.39, 0.29) is 23.3 Å². The van der Waals surface area contributed by atoms with Crippen LogP contribution in [-0.4, -0.2) is 32.1 Å². The first-order valence-corrected chi connectivity index (χ1v) is 9.42. The number of hydrazone groups is 1. The Morgan fingerprint density at radius 1 is 1.14 bits per heavy atom. The summed E-state index contributed by atoms with van der Waals surface area (Å²) < 4.78 is 14.2. The van der Waals surface area contributed by atoms with Gasteiger partial charge in [-0.05, 0) is 31.5 Å². The average Bonchev–Trinajstić information content (AvgIpc) is 3.05. The van der Waals surface area contributed by atoms with Gasteiger partial charge in [-0.15, -0.1) is 10.2 Å². The Hall–Kier alpha value is -3.20. The molecule has 28 heavy (non-hydrogen) atoms. The van der Waals surface area contributed by atoms with Gasteiger partial charge >= 0.3 is 0 Å². The fourth-order valence-electron chi connectivity index (χ4n) is 2.29. The van der Waals surface area contributed by atoms with Crippen LogP contribution in [0.25, 0.3) is 0 Å². The summed E-state index contributed by atoms with van der Waals surface area (Å²) in [6, 6.07) is 13.4. The van der Waals surface area contributed by atoms with Crippen molar-refractivity contribution in [3.8, 4) is 0 Å². The number of nitrogens with two attached hydrogens (primary N) is 1. The smallest absolute Gasteiger partial charge is 0.264 e. The molecule has 0 spiro atoms. The topological polar surface area (TPSA) is 98.2 Å². The fourth-order valence-corrected chi connectivity index (χ4v) is 3.05. The van der Waals surface area contributed by atoms with Gasteiger partial charge in [0.15, 0.2) is 5.78 Å². The Morgan fingerprint density at radius 3 is 2.46 bits per heavy atom. The molecule has 0 aliphatic rings. The number of carbonyl (C=O) groups excluding carboxylic acids is 1. The monoisotopic (exact) mass is 398 g/mol. The van der Waals surface area contributed by atoms with Crippen LogP contribution < -0.4 is 11.3 Å². The molecule has 3 aromatic rings. The van der Waals surface area contributed by atoms with Gasteiger partial charge in [-0.25, -0.2) is 14.5 Å². The van der Waals surface area contributed by atoms with Crippen molar-refractivity contribution in [1.29, 1.82) is 0 Å². The summed E-state index contributed by atoms with van der Waals surface area (Å²) in [5, 5.41) is 12.5. The summed E-state index contributed by atoms with van der Waals surface area (Å²) in [7, 11) is 0. The van der Waals surface area contributed by atoms with Crippen molar-refractivity contribution in [2.45, 2.75) is 19.0 Å². The van der Waals surface area contributed by atoms with Gasteiger partial charge < -0.3 is 5.84 Å². The maximum absolute atomic E-state index is 13.0. The molecular formula is C19H19FN6OS. The first-order valence-electron chi connectivity index (χ1n) is 8.43. The number of aryl methyl sites for hydroxylation is 1. The number of hydrogen-bond donors (Lipinski definition) is 2. The van der Waals surface area contributed by atoms with Gasteiger partial charge in [0.05, 0.1) is 11.5 Å². The molecule has 1 aromatic heterocycles. The second-order valence-electron chi connectivity index (χ2n) is 6.07. The second kappa shape index (κ2) is 8.66. The van der Waals surface area contributed by atoms with Gasteiger partial charge in [-0.3, -0.25) is 4.79 Å². The summed E-state index contributed by atoms with van der Waals surface area (Å²) in [6.45, 7) is 3.74. The summed E-state index contributed by atoms with van der Waals surface area (Å²) in [6.07, 6.45) is 0. The van der Waals surface area contributed by atoms with Crippen LogP contribution >= 0.6 is 11.8 Å². The number of Topliss-reactive ketones (excluding diaryl/α,β-unsaturated/α-hetero) is 1. The number of rotatable bonds is 7. The number of nitrogens with zero attached hydrogens (tertiary/aromatic N) is 4. The Bertz CT molecular complexity index is 998. The summed E-state index contributed by atoms with van der Waals surface area (Å²) in [4.78, 5) is 12.3. The minimum atomic E-state index is -0.312. The molecule has 3 N–H and O–H groups in total. The van der Waals surface area contributed by atoms with Crippen LogP contribution in [-0.2, 0) is 0 Å². The van der Waals surface area contributed by atoms with E-state index in [9.17, 15) is 9.18 Å². The summed E-state index contributed by atoms with van der Waals surface area (Å²) >= 11 is 1.19. The largest absolute Gasteiger partial charge is 0.334 e. The molecule has 144 valence electrons. The molecule has 0 amide bonds. The third-order valence-corrected chi connectivity index (χ3v) is 4.90. The quantitative estimate of drug-likeness (QED) is 0.208. The maximum atomic E-state index is 13.0. The standard InChI is InChI=1S/C19H19FN6OS/c1-12-3-5-15(6-4-12)17(27)11-28-19-25-24-18(26(19)21)23-22-13(2)14-7-9-16(20)10-8-14/h3-10H,11,21H2,1-2H3,(H,23,24)/b22-13+. The molecule has 7 nitrogen and oxygen atoms in total. The third kappa shape index (κ3) is 4.74. The number of carbonyl (C=O) groups is 1. The predicted octanol–water partition coefficient (Wildman–Crippen LogP) is 3.25. The number of thioether (sulfide) groups is 1. The first kappa shape index (κ1) is 19.6. The van der Waals surface area contributed by atoms with Crippen molar-refractivity contribution in [1.82, 2.24) is 14.9 Å². The molecule has 0 radical (unpaired) electrons. The van der Waals surface area contributed by atoms with Gasteiger partial charge in [-0.1, -0.05) is 53.7 Å². The zero-order valence-electron chi connectivity index (χ0n) is 15.4. The Kier molecular flexibility index (Phi) is 6.05. The van der Waals surface area contributed by atoms with E-state index >= 15 is 0 Å². The molecule has 0 saturated carbocycles. The van der Waals surface area contributed by atoms with Gasteiger partial charge in [-0.2, -0.15) is 5.10 Å². The van der Waals surface area contributed by atoms with Crippen LogP contribution in [0, 0.1) is 12.7 Å². The number of anilines is 1. The highest BCUT2D eigenvalue weighted by Crippen LogP contribution is 2.18. The molecule has 0 saturated heterocycles. The highest BCUT2D eigenvalue weighted by atomic mass is 32.2. The van der Waals surface area contributed by atoms with Crippen molar-refractivity contribution >= 4 is 29.2 Å². The zero-order valence-corrected chi connectivity index (χ0v) is 16.2. The Balaban J connectivity index is 1.61. The zero-order chi connectivity index (χ0) is 20.1. The van der Waals surface area contributed by atoms with Gasteiger partial charge in [0, 0.05) is 5.56 Å². The van der Waals surface area contributed by atoms with Crippen LogP contribution in [0.2, 0.25) is 0 Å². The highest BCUT2D eigenvalue weighted by Gasteiger charge is 2.13. The molecule has 2 aromatic carbocycles. The number of halogens is 1. The van der Waals surface area contributed by atoms with Gasteiger partial charge in [0.1, 0.15) is 5.82 Å². The predicted molar refractivity (Wildman–Crippen MR) is 109 cm³/mol. The van der Waals surface area contributed by atoms with E-state index < -0.39 is 0 Å². The van der Waals surface area contributed by atoms with Gasteiger partial charge in [0.2, 0.25) is 5.16 Å². The van der Waals surface area contributed by atoms with E-state index in [2.05, 4.69) is 20.7 Å². The molecule has 0 bridgehead atoms. The lowest BCUT2D eigenvalue weighted by molar-refractivity contribution is 0.102. The normalized spacial score (nSPS) is 11.5. The third-order valence-electron chi connectivity index (χ3n) is 3.96. The SMILES string of the molecule is C/C(=N\Nc1nnc(SCC(=O)c2ccc(C)cc2)n1N)c1ccc(F)cc1. The molecule has 0 aliphatic heterocycles. The van der Waals surface area contributed by atoms with E-state index in [1.165, 1.54) is 28.6 Å². The molecule has 9 heteroatoms. The average molecular weight is 398 g/mol. The van der Waals surface area contributed by atoms with Crippen LogP contribution in [0.4, 0.5) is 10.3 Å².